The predicted molar refractivity (Wildman–Crippen MR) is 89.6 cm³/mol. The Morgan fingerprint density at radius 3 is 1.50 bits per heavy atom. The van der Waals surface area contributed by atoms with E-state index in [2.05, 4.69) is 45.0 Å². The van der Waals surface area contributed by atoms with Crippen LogP contribution < -0.4 is 4.74 Å². The van der Waals surface area contributed by atoms with Crippen LogP contribution in [0, 0.1) is 13.8 Å². The molecule has 0 unspecified atom stereocenters. The van der Waals surface area contributed by atoms with Crippen molar-refractivity contribution in [2.24, 2.45) is 0 Å². The van der Waals surface area contributed by atoms with Gasteiger partial charge in [0.1, 0.15) is 5.75 Å². The molecule has 0 fully saturated rings. The maximum absolute atomic E-state index is 4.97. The van der Waals surface area contributed by atoms with Crippen molar-refractivity contribution in [2.75, 3.05) is 7.11 Å². The number of aryl methyl sites for hydroxylation is 3. The molecule has 1 heteroatoms. The summed E-state index contributed by atoms with van der Waals surface area (Å²) in [6.07, 6.45) is 1.14. The first-order valence-electron chi connectivity index (χ1n) is 7.32. The van der Waals surface area contributed by atoms with Crippen molar-refractivity contribution >= 4 is 0 Å². The summed E-state index contributed by atoms with van der Waals surface area (Å²) in [6.45, 7) is 10.3. The summed E-state index contributed by atoms with van der Waals surface area (Å²) >= 11 is 0. The summed E-state index contributed by atoms with van der Waals surface area (Å²) in [5.74, 6) is 0.917. The van der Waals surface area contributed by atoms with Crippen LogP contribution in [-0.4, -0.2) is 7.11 Å². The molecule has 2 aromatic carbocycles. The molecule has 0 spiro atoms. The van der Waals surface area contributed by atoms with Crippen molar-refractivity contribution in [3.8, 4) is 5.75 Å². The Hall–Kier alpha value is -1.76. The van der Waals surface area contributed by atoms with E-state index in [0.29, 0.717) is 0 Å². The average molecular weight is 272 g/mol. The topological polar surface area (TPSA) is 9.23 Å². The van der Waals surface area contributed by atoms with Gasteiger partial charge < -0.3 is 4.74 Å². The van der Waals surface area contributed by atoms with Crippen molar-refractivity contribution in [3.63, 3.8) is 0 Å². The predicted octanol–water partition coefficient (Wildman–Crippen LogP) is 5.59. The van der Waals surface area contributed by atoms with Crippen LogP contribution in [0.3, 0.4) is 0 Å². The average Bonchev–Trinajstić information content (AvgIpc) is 2.51. The summed E-state index contributed by atoms with van der Waals surface area (Å²) in [5.41, 5.74) is 4.02. The molecule has 2 rings (SSSR count). The van der Waals surface area contributed by atoms with Crippen molar-refractivity contribution in [1.82, 2.24) is 0 Å². The Balaban J connectivity index is 0.000000321. The van der Waals surface area contributed by atoms with Crippen LogP contribution in [0.1, 0.15) is 37.5 Å². The van der Waals surface area contributed by atoms with Crippen molar-refractivity contribution in [1.29, 1.82) is 0 Å². The third-order valence-electron chi connectivity index (χ3n) is 2.79. The molecule has 0 amide bonds. The summed E-state index contributed by atoms with van der Waals surface area (Å²) < 4.78 is 4.97. The smallest absolute Gasteiger partial charge is 0.118 e. The molecule has 0 aliphatic heterocycles. The second kappa shape index (κ2) is 11.1. The summed E-state index contributed by atoms with van der Waals surface area (Å²) in [5, 5.41) is 0. The van der Waals surface area contributed by atoms with E-state index in [9.17, 15) is 0 Å². The summed E-state index contributed by atoms with van der Waals surface area (Å²) in [7, 11) is 1.67. The Morgan fingerprint density at radius 1 is 0.750 bits per heavy atom. The monoisotopic (exact) mass is 272 g/mol. The molecule has 0 saturated carbocycles. The van der Waals surface area contributed by atoms with E-state index in [1.165, 1.54) is 16.7 Å². The van der Waals surface area contributed by atoms with Crippen LogP contribution in [0.5, 0.6) is 5.75 Å². The SMILES string of the molecule is CC.CCc1ccc(C)cc1.COc1ccc(C)cc1. The number of ether oxygens (including phenoxy) is 1. The lowest BCUT2D eigenvalue weighted by Gasteiger charge is -1.97. The standard InChI is InChI=1S/C9H12.C8H10O.C2H6/c1-3-9-6-4-8(2)5-7-9;1-7-3-5-8(9-2)6-4-7;1-2/h4-7H,3H2,1-2H3;3-6H,1-2H3;1-2H3. The van der Waals surface area contributed by atoms with Crippen LogP contribution in [-0.2, 0) is 6.42 Å². The second-order valence-electron chi connectivity index (χ2n) is 4.36. The molecule has 0 aliphatic rings. The third-order valence-corrected chi connectivity index (χ3v) is 2.79. The highest BCUT2D eigenvalue weighted by molar-refractivity contribution is 5.25. The van der Waals surface area contributed by atoms with Gasteiger partial charge in [0.2, 0.25) is 0 Å². The highest BCUT2D eigenvalue weighted by Gasteiger charge is 1.86. The van der Waals surface area contributed by atoms with E-state index in [-0.39, 0.29) is 0 Å². The zero-order valence-electron chi connectivity index (χ0n) is 13.7. The minimum absolute atomic E-state index is 0.917. The molecule has 1 nitrogen and oxygen atoms in total. The van der Waals surface area contributed by atoms with Crippen LogP contribution in [0.15, 0.2) is 48.5 Å². The minimum Gasteiger partial charge on any atom is -0.497 e. The fourth-order valence-electron chi connectivity index (χ4n) is 1.50. The Morgan fingerprint density at radius 2 is 1.15 bits per heavy atom. The normalized spacial score (nSPS) is 8.70. The molecule has 0 saturated heterocycles. The Bertz CT molecular complexity index is 395. The number of hydrogen-bond acceptors (Lipinski definition) is 1. The van der Waals surface area contributed by atoms with Crippen molar-refractivity contribution in [2.45, 2.75) is 41.0 Å². The fourth-order valence-corrected chi connectivity index (χ4v) is 1.50. The number of rotatable bonds is 2. The maximum atomic E-state index is 4.97. The Labute approximate surface area is 124 Å². The highest BCUT2D eigenvalue weighted by atomic mass is 16.5. The van der Waals surface area contributed by atoms with Gasteiger partial charge in [-0.25, -0.2) is 0 Å². The first kappa shape index (κ1) is 18.2. The zero-order chi connectivity index (χ0) is 15.4. The fraction of sp³-hybridized carbons (Fsp3) is 0.368. The molecule has 0 atom stereocenters. The molecule has 0 aliphatic carbocycles. The molecule has 0 aromatic heterocycles. The van der Waals surface area contributed by atoms with Crippen LogP contribution in [0.2, 0.25) is 0 Å². The lowest BCUT2D eigenvalue weighted by Crippen LogP contribution is -1.80. The lowest BCUT2D eigenvalue weighted by molar-refractivity contribution is 0.414. The van der Waals surface area contributed by atoms with E-state index in [0.717, 1.165) is 12.2 Å². The number of hydrogen-bond donors (Lipinski definition) is 0. The molecule has 20 heavy (non-hydrogen) atoms. The third kappa shape index (κ3) is 7.63. The molecule has 110 valence electrons. The molecule has 0 N–H and O–H groups in total. The van der Waals surface area contributed by atoms with Gasteiger partial charge in [0.15, 0.2) is 0 Å². The zero-order valence-corrected chi connectivity index (χ0v) is 13.7. The lowest BCUT2D eigenvalue weighted by atomic mass is 10.1. The summed E-state index contributed by atoms with van der Waals surface area (Å²) in [6, 6.07) is 16.6. The first-order chi connectivity index (χ1) is 9.65. The van der Waals surface area contributed by atoms with Crippen molar-refractivity contribution in [3.05, 3.63) is 65.2 Å². The van der Waals surface area contributed by atoms with Gasteiger partial charge in [-0.05, 0) is 38.0 Å². The van der Waals surface area contributed by atoms with E-state index in [1.807, 2.05) is 38.1 Å². The number of methoxy groups -OCH3 is 1. The highest BCUT2D eigenvalue weighted by Crippen LogP contribution is 2.09. The van der Waals surface area contributed by atoms with Gasteiger partial charge in [0.05, 0.1) is 7.11 Å². The van der Waals surface area contributed by atoms with Crippen molar-refractivity contribution < 1.29 is 4.74 Å². The van der Waals surface area contributed by atoms with E-state index in [1.54, 1.807) is 7.11 Å². The van der Waals surface area contributed by atoms with Gasteiger partial charge in [-0.15, -0.1) is 0 Å². The number of benzene rings is 2. The van der Waals surface area contributed by atoms with Gasteiger partial charge in [-0.3, -0.25) is 0 Å². The largest absolute Gasteiger partial charge is 0.497 e. The van der Waals surface area contributed by atoms with Gasteiger partial charge in [-0.2, -0.15) is 0 Å². The van der Waals surface area contributed by atoms with Crippen LogP contribution in [0.4, 0.5) is 0 Å². The molecule has 0 heterocycles. The van der Waals surface area contributed by atoms with Gasteiger partial charge in [0, 0.05) is 0 Å². The Kier molecular flexibility index (Phi) is 10.1. The second-order valence-corrected chi connectivity index (χ2v) is 4.36. The first-order valence-corrected chi connectivity index (χ1v) is 7.32. The molecular formula is C19H28O. The maximum Gasteiger partial charge on any atom is 0.118 e. The molecule has 0 bridgehead atoms. The quantitative estimate of drug-likeness (QED) is 0.692. The van der Waals surface area contributed by atoms with Crippen LogP contribution >= 0.6 is 0 Å². The van der Waals surface area contributed by atoms with E-state index >= 15 is 0 Å². The van der Waals surface area contributed by atoms with E-state index in [4.69, 9.17) is 4.74 Å². The van der Waals surface area contributed by atoms with Gasteiger partial charge >= 0.3 is 0 Å². The molecular weight excluding hydrogens is 244 g/mol. The summed E-state index contributed by atoms with van der Waals surface area (Å²) in [4.78, 5) is 0. The van der Waals surface area contributed by atoms with Crippen LogP contribution in [0.25, 0.3) is 0 Å². The van der Waals surface area contributed by atoms with Gasteiger partial charge in [-0.1, -0.05) is 68.3 Å². The minimum atomic E-state index is 0.917. The molecule has 0 radical (unpaired) electrons. The van der Waals surface area contributed by atoms with E-state index < -0.39 is 0 Å². The van der Waals surface area contributed by atoms with Gasteiger partial charge in [0.25, 0.3) is 0 Å². The molecule has 2 aromatic rings.